The van der Waals surface area contributed by atoms with E-state index in [1.807, 2.05) is 6.92 Å². The summed E-state index contributed by atoms with van der Waals surface area (Å²) in [5.74, 6) is -0.734. The molecule has 0 saturated heterocycles. The lowest BCUT2D eigenvalue weighted by Gasteiger charge is -2.08. The summed E-state index contributed by atoms with van der Waals surface area (Å²) >= 11 is 0. The summed E-state index contributed by atoms with van der Waals surface area (Å²) < 4.78 is 0. The molecule has 0 bridgehead atoms. The summed E-state index contributed by atoms with van der Waals surface area (Å²) in [6.07, 6.45) is 9.06. The number of hydrogen-bond donors (Lipinski definition) is 1. The maximum atomic E-state index is 10.7. The molecule has 3 N–H and O–H groups in total. The van der Waals surface area contributed by atoms with E-state index < -0.39 is 5.97 Å². The van der Waals surface area contributed by atoms with Crippen LogP contribution in [0.25, 0.3) is 0 Å². The number of rotatable bonds is 9. The molecule has 0 heterocycles. The first kappa shape index (κ1) is 16.8. The van der Waals surface area contributed by atoms with Gasteiger partial charge in [-0.1, -0.05) is 52.4 Å². The smallest absolute Gasteiger partial charge is 0.306 e. The molecule has 1 atom stereocenters. The fourth-order valence-electron chi connectivity index (χ4n) is 1.67. The predicted molar refractivity (Wildman–Crippen MR) is 63.0 cm³/mol. The summed E-state index contributed by atoms with van der Waals surface area (Å²) in [4.78, 5) is 10.7. The molecule has 3 nitrogen and oxygen atoms in total. The van der Waals surface area contributed by atoms with Crippen LogP contribution >= 0.6 is 0 Å². The van der Waals surface area contributed by atoms with Gasteiger partial charge in [-0.2, -0.15) is 0 Å². The summed E-state index contributed by atoms with van der Waals surface area (Å²) in [7, 11) is 0. The van der Waals surface area contributed by atoms with Crippen LogP contribution in [0.5, 0.6) is 0 Å². The van der Waals surface area contributed by atoms with E-state index in [2.05, 4.69) is 6.92 Å². The predicted octanol–water partition coefficient (Wildman–Crippen LogP) is 3.02. The van der Waals surface area contributed by atoms with Crippen LogP contribution in [0.1, 0.15) is 65.2 Å². The zero-order valence-electron chi connectivity index (χ0n) is 10.1. The van der Waals surface area contributed by atoms with Gasteiger partial charge in [0.15, 0.2) is 0 Å². The second-order valence-corrected chi connectivity index (χ2v) is 4.00. The molecule has 0 aromatic carbocycles. The van der Waals surface area contributed by atoms with Crippen molar-refractivity contribution in [1.82, 2.24) is 0 Å². The van der Waals surface area contributed by atoms with Crippen LogP contribution in [-0.2, 0) is 4.79 Å². The van der Waals surface area contributed by atoms with E-state index >= 15 is 0 Å². The fraction of sp³-hybridized carbons (Fsp3) is 0.917. The molecule has 0 fully saturated rings. The molecule has 1 unspecified atom stereocenters. The molecule has 0 spiro atoms. The first-order chi connectivity index (χ1) is 6.72. The lowest BCUT2D eigenvalue weighted by molar-refractivity contribution is -0.142. The van der Waals surface area contributed by atoms with E-state index in [-0.39, 0.29) is 11.4 Å². The Morgan fingerprint density at radius 2 is 1.60 bits per heavy atom. The highest BCUT2D eigenvalue weighted by molar-refractivity contribution is 5.69. The highest BCUT2D eigenvalue weighted by atomic mass is 16.4. The molecule has 0 amide bonds. The summed E-state index contributed by atoms with van der Waals surface area (Å²) in [6.45, 7) is 4.16. The summed E-state index contributed by atoms with van der Waals surface area (Å²) in [5.41, 5.74) is 0. The quantitative estimate of drug-likeness (QED) is 0.604. The molecule has 0 saturated carbocycles. The minimum Gasteiger partial charge on any atom is -0.481 e. The standard InChI is InChI=1S/C12H24O2.H2O/c1-3-5-6-7-8-9-10-11(4-2)12(13)14;/h11H,3-10H2,1-2H3,(H,13,14);1H2. The highest BCUT2D eigenvalue weighted by Gasteiger charge is 2.13. The molecule has 0 aromatic heterocycles. The Morgan fingerprint density at radius 1 is 1.07 bits per heavy atom. The number of unbranched alkanes of at least 4 members (excludes halogenated alkanes) is 5. The zero-order valence-corrected chi connectivity index (χ0v) is 10.1. The van der Waals surface area contributed by atoms with Crippen molar-refractivity contribution in [3.8, 4) is 0 Å². The van der Waals surface area contributed by atoms with Gasteiger partial charge in [-0.25, -0.2) is 0 Å². The van der Waals surface area contributed by atoms with Crippen LogP contribution in [0, 0.1) is 5.92 Å². The van der Waals surface area contributed by atoms with E-state index in [9.17, 15) is 4.79 Å². The molecule has 0 aliphatic carbocycles. The average Bonchev–Trinajstić information content (AvgIpc) is 2.16. The first-order valence-electron chi connectivity index (χ1n) is 5.95. The number of carboxylic acids is 1. The van der Waals surface area contributed by atoms with Crippen molar-refractivity contribution in [3.63, 3.8) is 0 Å². The Morgan fingerprint density at radius 3 is 2.07 bits per heavy atom. The molecular weight excluding hydrogens is 192 g/mol. The summed E-state index contributed by atoms with van der Waals surface area (Å²) in [6, 6.07) is 0. The number of aliphatic carboxylic acids is 1. The van der Waals surface area contributed by atoms with Crippen LogP contribution in [0.15, 0.2) is 0 Å². The van der Waals surface area contributed by atoms with E-state index in [1.165, 1.54) is 32.1 Å². The van der Waals surface area contributed by atoms with Crippen molar-refractivity contribution in [2.24, 2.45) is 5.92 Å². The maximum Gasteiger partial charge on any atom is 0.306 e. The van der Waals surface area contributed by atoms with Crippen LogP contribution in [0.2, 0.25) is 0 Å². The third-order valence-corrected chi connectivity index (χ3v) is 2.75. The Balaban J connectivity index is 0. The van der Waals surface area contributed by atoms with Crippen molar-refractivity contribution in [2.75, 3.05) is 0 Å². The van der Waals surface area contributed by atoms with Crippen molar-refractivity contribution < 1.29 is 15.4 Å². The molecule has 0 aliphatic heterocycles. The van der Waals surface area contributed by atoms with Gasteiger partial charge in [-0.15, -0.1) is 0 Å². The Bertz CT molecular complexity index is 146. The molecule has 92 valence electrons. The fourth-order valence-corrected chi connectivity index (χ4v) is 1.67. The second-order valence-electron chi connectivity index (χ2n) is 4.00. The van der Waals surface area contributed by atoms with Crippen LogP contribution in [0.3, 0.4) is 0 Å². The van der Waals surface area contributed by atoms with Gasteiger partial charge >= 0.3 is 5.97 Å². The van der Waals surface area contributed by atoms with Gasteiger partial charge in [-0.05, 0) is 12.8 Å². The molecule has 0 radical (unpaired) electrons. The Hall–Kier alpha value is -0.570. The first-order valence-corrected chi connectivity index (χ1v) is 5.95. The molecular formula is C12H26O3. The third-order valence-electron chi connectivity index (χ3n) is 2.75. The largest absolute Gasteiger partial charge is 0.481 e. The van der Waals surface area contributed by atoms with Crippen molar-refractivity contribution in [3.05, 3.63) is 0 Å². The highest BCUT2D eigenvalue weighted by Crippen LogP contribution is 2.15. The molecule has 0 aliphatic rings. The third kappa shape index (κ3) is 9.73. The lowest BCUT2D eigenvalue weighted by atomic mass is 9.98. The number of hydrogen-bond acceptors (Lipinski definition) is 1. The van der Waals surface area contributed by atoms with Crippen LogP contribution in [0.4, 0.5) is 0 Å². The van der Waals surface area contributed by atoms with Gasteiger partial charge in [0.2, 0.25) is 0 Å². The van der Waals surface area contributed by atoms with Gasteiger partial charge in [-0.3, -0.25) is 4.79 Å². The average molecular weight is 218 g/mol. The second kappa shape index (κ2) is 11.5. The normalized spacial score (nSPS) is 11.9. The van der Waals surface area contributed by atoms with Gasteiger partial charge < -0.3 is 10.6 Å². The molecule has 0 rings (SSSR count). The number of carbonyl (C=O) groups is 1. The zero-order chi connectivity index (χ0) is 10.8. The van der Waals surface area contributed by atoms with Gasteiger partial charge in [0, 0.05) is 0 Å². The van der Waals surface area contributed by atoms with Crippen molar-refractivity contribution >= 4 is 5.97 Å². The van der Waals surface area contributed by atoms with Gasteiger partial charge in [0.1, 0.15) is 0 Å². The summed E-state index contributed by atoms with van der Waals surface area (Å²) in [5, 5.41) is 8.81. The molecule has 15 heavy (non-hydrogen) atoms. The van der Waals surface area contributed by atoms with Gasteiger partial charge in [0.05, 0.1) is 5.92 Å². The van der Waals surface area contributed by atoms with Gasteiger partial charge in [0.25, 0.3) is 0 Å². The van der Waals surface area contributed by atoms with Crippen LogP contribution in [-0.4, -0.2) is 16.6 Å². The molecule has 3 heteroatoms. The Labute approximate surface area is 93.2 Å². The van der Waals surface area contributed by atoms with Crippen LogP contribution < -0.4 is 0 Å². The minimum atomic E-state index is -0.624. The van der Waals surface area contributed by atoms with Crippen molar-refractivity contribution in [2.45, 2.75) is 65.2 Å². The van der Waals surface area contributed by atoms with E-state index in [0.717, 1.165) is 19.3 Å². The lowest BCUT2D eigenvalue weighted by Crippen LogP contribution is -2.12. The number of carboxylic acid groups (broad SMARTS) is 1. The topological polar surface area (TPSA) is 68.8 Å². The SMILES string of the molecule is CCCCCCCCC(CC)C(=O)O.O. The monoisotopic (exact) mass is 218 g/mol. The molecule has 0 aromatic rings. The van der Waals surface area contributed by atoms with E-state index in [4.69, 9.17) is 5.11 Å². The van der Waals surface area contributed by atoms with Crippen molar-refractivity contribution in [1.29, 1.82) is 0 Å². The Kier molecular flexibility index (Phi) is 12.9. The minimum absolute atomic E-state index is 0. The maximum absolute atomic E-state index is 10.7. The van der Waals surface area contributed by atoms with E-state index in [1.54, 1.807) is 0 Å². The van der Waals surface area contributed by atoms with E-state index in [0.29, 0.717) is 0 Å².